The van der Waals surface area contributed by atoms with Crippen molar-refractivity contribution in [2.24, 2.45) is 5.92 Å². The zero-order valence-corrected chi connectivity index (χ0v) is 18.4. The number of aryl methyl sites for hydroxylation is 2. The summed E-state index contributed by atoms with van der Waals surface area (Å²) in [6.07, 6.45) is 2.08. The number of benzene rings is 1. The van der Waals surface area contributed by atoms with Crippen LogP contribution < -0.4 is 11.2 Å². The summed E-state index contributed by atoms with van der Waals surface area (Å²) in [7, 11) is 0. The molecule has 0 radical (unpaired) electrons. The van der Waals surface area contributed by atoms with Crippen LogP contribution in [0.5, 0.6) is 0 Å². The van der Waals surface area contributed by atoms with E-state index < -0.39 is 5.69 Å². The fourth-order valence-corrected chi connectivity index (χ4v) is 4.50. The molecular weight excluding hydrogens is 394 g/mol. The Hall–Kier alpha value is -3.16. The third-order valence-corrected chi connectivity index (χ3v) is 6.06. The first-order valence-corrected chi connectivity index (χ1v) is 10.9. The molecule has 31 heavy (non-hydrogen) atoms. The first-order chi connectivity index (χ1) is 14.9. The molecule has 3 heterocycles. The Labute approximate surface area is 180 Å². The molecule has 164 valence electrons. The number of rotatable bonds is 5. The summed E-state index contributed by atoms with van der Waals surface area (Å²) < 4.78 is 4.28. The van der Waals surface area contributed by atoms with Crippen LogP contribution in [0.1, 0.15) is 37.9 Å². The largest absolute Gasteiger partial charge is 0.341 e. The molecule has 0 saturated carbocycles. The monoisotopic (exact) mass is 423 g/mol. The lowest BCUT2D eigenvalue weighted by molar-refractivity contribution is -0.133. The first-order valence-electron chi connectivity index (χ1n) is 10.9. The van der Waals surface area contributed by atoms with E-state index in [1.807, 2.05) is 42.2 Å². The second-order valence-electron chi connectivity index (χ2n) is 8.43. The molecule has 0 unspecified atom stereocenters. The van der Waals surface area contributed by atoms with E-state index in [1.54, 1.807) is 11.6 Å². The van der Waals surface area contributed by atoms with E-state index in [9.17, 15) is 14.4 Å². The molecule has 0 spiro atoms. The number of aromatic nitrogens is 4. The summed E-state index contributed by atoms with van der Waals surface area (Å²) >= 11 is 0. The van der Waals surface area contributed by atoms with Crippen molar-refractivity contribution in [1.29, 1.82) is 0 Å². The molecule has 1 amide bonds. The molecule has 8 heteroatoms. The van der Waals surface area contributed by atoms with Crippen molar-refractivity contribution in [2.45, 2.75) is 53.2 Å². The molecule has 1 saturated heterocycles. The number of nitrogens with zero attached hydrogens (tertiary/aromatic N) is 5. The van der Waals surface area contributed by atoms with Gasteiger partial charge in [0.15, 0.2) is 5.52 Å². The Morgan fingerprint density at radius 2 is 1.87 bits per heavy atom. The van der Waals surface area contributed by atoms with Crippen molar-refractivity contribution in [3.63, 3.8) is 0 Å². The number of likely N-dealkylation sites (tertiary alicyclic amines) is 1. The molecule has 0 aliphatic carbocycles. The molecule has 2 aromatic heterocycles. The summed E-state index contributed by atoms with van der Waals surface area (Å²) in [6, 6.07) is 9.39. The van der Waals surface area contributed by atoms with Gasteiger partial charge in [0.2, 0.25) is 5.91 Å². The van der Waals surface area contributed by atoms with Gasteiger partial charge in [-0.1, -0.05) is 37.3 Å². The summed E-state index contributed by atoms with van der Waals surface area (Å²) in [5.74, 6) is 0.356. The standard InChI is InChI=1S/C23H29N5O3/c1-4-28-21-20(17(3)24-28)26(15-19(29)25-12-8-9-16(2)13-25)23(31)27(22(21)30)14-18-10-6-5-7-11-18/h5-7,10-11,16H,4,8-9,12-15H2,1-3H3/t16-/m1/s1. The zero-order valence-electron chi connectivity index (χ0n) is 18.4. The van der Waals surface area contributed by atoms with Gasteiger partial charge in [-0.25, -0.2) is 4.79 Å². The molecule has 1 aliphatic rings. The maximum Gasteiger partial charge on any atom is 0.332 e. The molecule has 1 atom stereocenters. The Bertz CT molecular complexity index is 1220. The van der Waals surface area contributed by atoms with Crippen molar-refractivity contribution in [3.05, 3.63) is 62.4 Å². The van der Waals surface area contributed by atoms with Crippen molar-refractivity contribution in [2.75, 3.05) is 13.1 Å². The molecule has 1 aliphatic heterocycles. The van der Waals surface area contributed by atoms with Crippen LogP contribution in [0.3, 0.4) is 0 Å². The molecule has 1 fully saturated rings. The topological polar surface area (TPSA) is 82.1 Å². The average Bonchev–Trinajstić information content (AvgIpc) is 3.11. The van der Waals surface area contributed by atoms with Gasteiger partial charge in [0.25, 0.3) is 5.56 Å². The van der Waals surface area contributed by atoms with Crippen LogP contribution in [0.25, 0.3) is 11.0 Å². The van der Waals surface area contributed by atoms with Crippen LogP contribution in [0, 0.1) is 12.8 Å². The SMILES string of the molecule is CCn1nc(C)c2c1c(=O)n(Cc1ccccc1)c(=O)n2CC(=O)N1CCC[C@@H](C)C1. The number of hydrogen-bond acceptors (Lipinski definition) is 4. The minimum Gasteiger partial charge on any atom is -0.341 e. The molecule has 0 N–H and O–H groups in total. The number of carbonyl (C=O) groups is 1. The summed E-state index contributed by atoms with van der Waals surface area (Å²) in [4.78, 5) is 41.7. The van der Waals surface area contributed by atoms with Crippen LogP contribution in [0.2, 0.25) is 0 Å². The van der Waals surface area contributed by atoms with Gasteiger partial charge in [0.05, 0.1) is 12.2 Å². The van der Waals surface area contributed by atoms with Gasteiger partial charge in [-0.2, -0.15) is 5.10 Å². The Morgan fingerprint density at radius 3 is 2.55 bits per heavy atom. The predicted molar refractivity (Wildman–Crippen MR) is 119 cm³/mol. The fourth-order valence-electron chi connectivity index (χ4n) is 4.50. The highest BCUT2D eigenvalue weighted by molar-refractivity contribution is 5.81. The summed E-state index contributed by atoms with van der Waals surface area (Å²) in [5.41, 5.74) is 1.41. The van der Waals surface area contributed by atoms with Gasteiger partial charge in [-0.05, 0) is 38.2 Å². The maximum atomic E-state index is 13.5. The molecular formula is C23H29N5O3. The quantitative estimate of drug-likeness (QED) is 0.629. The van der Waals surface area contributed by atoms with Crippen molar-refractivity contribution in [1.82, 2.24) is 23.8 Å². The molecule has 3 aromatic rings. The smallest absolute Gasteiger partial charge is 0.332 e. The lowest BCUT2D eigenvalue weighted by Crippen LogP contribution is -2.45. The normalized spacial score (nSPS) is 16.7. The Morgan fingerprint density at radius 1 is 1.13 bits per heavy atom. The van der Waals surface area contributed by atoms with Gasteiger partial charge in [-0.15, -0.1) is 0 Å². The second-order valence-corrected chi connectivity index (χ2v) is 8.43. The fraction of sp³-hybridized carbons (Fsp3) is 0.478. The van der Waals surface area contributed by atoms with E-state index in [0.717, 1.165) is 18.4 Å². The number of hydrogen-bond donors (Lipinski definition) is 0. The third kappa shape index (κ3) is 3.94. The molecule has 0 bridgehead atoms. The average molecular weight is 424 g/mol. The Balaban J connectivity index is 1.85. The van der Waals surface area contributed by atoms with E-state index >= 15 is 0 Å². The van der Waals surface area contributed by atoms with Crippen molar-refractivity contribution >= 4 is 16.9 Å². The maximum absolute atomic E-state index is 13.5. The number of piperidine rings is 1. The van der Waals surface area contributed by atoms with Crippen LogP contribution >= 0.6 is 0 Å². The van der Waals surface area contributed by atoms with Crippen LogP contribution in [0.4, 0.5) is 0 Å². The zero-order chi connectivity index (χ0) is 22.1. The van der Waals surface area contributed by atoms with Gasteiger partial charge >= 0.3 is 5.69 Å². The number of amides is 1. The predicted octanol–water partition coefficient (Wildman–Crippen LogP) is 1.99. The summed E-state index contributed by atoms with van der Waals surface area (Å²) in [5, 5.41) is 4.47. The third-order valence-electron chi connectivity index (χ3n) is 6.06. The Kier molecular flexibility index (Phi) is 5.80. The highest BCUT2D eigenvalue weighted by atomic mass is 16.2. The van der Waals surface area contributed by atoms with Crippen molar-refractivity contribution < 1.29 is 4.79 Å². The minimum absolute atomic E-state index is 0.0899. The molecule has 4 rings (SSSR count). The first kappa shape index (κ1) is 21.1. The van der Waals surface area contributed by atoms with E-state index in [4.69, 9.17) is 0 Å². The van der Waals surface area contributed by atoms with Crippen molar-refractivity contribution in [3.8, 4) is 0 Å². The van der Waals surface area contributed by atoms with E-state index in [1.165, 1.54) is 9.13 Å². The van der Waals surface area contributed by atoms with Gasteiger partial charge in [0, 0.05) is 19.6 Å². The van der Waals surface area contributed by atoms with Gasteiger partial charge < -0.3 is 4.90 Å². The van der Waals surface area contributed by atoms with Crippen LogP contribution in [0.15, 0.2) is 39.9 Å². The lowest BCUT2D eigenvalue weighted by Gasteiger charge is -2.31. The number of carbonyl (C=O) groups excluding carboxylic acids is 1. The van der Waals surface area contributed by atoms with Crippen LogP contribution in [-0.4, -0.2) is 42.8 Å². The van der Waals surface area contributed by atoms with Gasteiger partial charge in [-0.3, -0.25) is 23.4 Å². The number of fused-ring (bicyclic) bond motifs is 1. The van der Waals surface area contributed by atoms with E-state index in [0.29, 0.717) is 42.3 Å². The summed E-state index contributed by atoms with van der Waals surface area (Å²) in [6.45, 7) is 7.79. The lowest BCUT2D eigenvalue weighted by atomic mass is 10.0. The minimum atomic E-state index is -0.474. The highest BCUT2D eigenvalue weighted by Gasteiger charge is 2.25. The van der Waals surface area contributed by atoms with E-state index in [2.05, 4.69) is 12.0 Å². The van der Waals surface area contributed by atoms with Gasteiger partial charge in [0.1, 0.15) is 12.1 Å². The highest BCUT2D eigenvalue weighted by Crippen LogP contribution is 2.18. The van der Waals surface area contributed by atoms with E-state index in [-0.39, 0.29) is 24.6 Å². The molecule has 8 nitrogen and oxygen atoms in total. The molecule has 1 aromatic carbocycles. The second kappa shape index (κ2) is 8.53. The van der Waals surface area contributed by atoms with Crippen LogP contribution in [-0.2, 0) is 24.4 Å².